The van der Waals surface area contributed by atoms with Crippen LogP contribution in [0.5, 0.6) is 0 Å². The summed E-state index contributed by atoms with van der Waals surface area (Å²) in [6.45, 7) is 3.87. The zero-order valence-electron chi connectivity index (χ0n) is 19.1. The zero-order valence-corrected chi connectivity index (χ0v) is 19.1. The molecule has 7 nitrogen and oxygen atoms in total. The van der Waals surface area contributed by atoms with Gasteiger partial charge in [0.1, 0.15) is 5.58 Å². The molecule has 5 aromatic rings. The van der Waals surface area contributed by atoms with E-state index in [1.807, 2.05) is 50.2 Å². The first-order valence-corrected chi connectivity index (χ1v) is 11.0. The molecule has 7 heteroatoms. The number of benzene rings is 3. The molecule has 0 aliphatic carbocycles. The van der Waals surface area contributed by atoms with Crippen molar-refractivity contribution in [3.8, 4) is 5.69 Å². The molecule has 3 aromatic carbocycles. The molecule has 0 saturated carbocycles. The molecule has 0 atom stereocenters. The summed E-state index contributed by atoms with van der Waals surface area (Å²) in [6, 6.07) is 22.9. The van der Waals surface area contributed by atoms with Gasteiger partial charge in [0.25, 0.3) is 5.91 Å². The first-order chi connectivity index (χ1) is 16.9. The lowest BCUT2D eigenvalue weighted by Gasteiger charge is -2.09. The third-order valence-corrected chi connectivity index (χ3v) is 5.64. The fourth-order valence-corrected chi connectivity index (χ4v) is 3.82. The number of carbonyl (C=O) groups is 2. The van der Waals surface area contributed by atoms with Gasteiger partial charge >= 0.3 is 0 Å². The summed E-state index contributed by atoms with van der Waals surface area (Å²) in [7, 11) is 0. The third kappa shape index (κ3) is 4.27. The van der Waals surface area contributed by atoms with Crippen molar-refractivity contribution in [2.24, 2.45) is 0 Å². The number of para-hydroxylation sites is 1. The van der Waals surface area contributed by atoms with Crippen LogP contribution in [0.4, 0.5) is 5.69 Å². The number of fused-ring (bicyclic) bond motifs is 1. The number of nitrogens with zero attached hydrogens (tertiary/aromatic N) is 2. The van der Waals surface area contributed by atoms with E-state index in [1.165, 1.54) is 16.9 Å². The van der Waals surface area contributed by atoms with E-state index in [2.05, 4.69) is 10.4 Å². The Balaban J connectivity index is 1.56. The van der Waals surface area contributed by atoms with E-state index >= 15 is 0 Å². The van der Waals surface area contributed by atoms with E-state index in [-0.39, 0.29) is 22.9 Å². The Morgan fingerprint density at radius 3 is 2.43 bits per heavy atom. The van der Waals surface area contributed by atoms with Crippen molar-refractivity contribution in [2.45, 2.75) is 13.8 Å². The van der Waals surface area contributed by atoms with Gasteiger partial charge in [-0.1, -0.05) is 54.1 Å². The van der Waals surface area contributed by atoms with Crippen molar-refractivity contribution in [1.29, 1.82) is 0 Å². The van der Waals surface area contributed by atoms with Gasteiger partial charge in [-0.3, -0.25) is 14.4 Å². The fourth-order valence-electron chi connectivity index (χ4n) is 3.82. The van der Waals surface area contributed by atoms with Crippen LogP contribution in [0, 0.1) is 13.8 Å². The first-order valence-electron chi connectivity index (χ1n) is 11.0. The number of hydrogen-bond acceptors (Lipinski definition) is 5. The normalized spacial score (nSPS) is 10.9. The molecule has 0 fully saturated rings. The molecule has 0 spiro atoms. The molecule has 0 aliphatic rings. The molecule has 35 heavy (non-hydrogen) atoms. The number of anilines is 1. The van der Waals surface area contributed by atoms with Crippen LogP contribution in [0.2, 0.25) is 0 Å². The number of rotatable bonds is 5. The van der Waals surface area contributed by atoms with Gasteiger partial charge in [0.2, 0.25) is 11.2 Å². The Morgan fingerprint density at radius 1 is 0.886 bits per heavy atom. The Morgan fingerprint density at radius 2 is 1.66 bits per heavy atom. The molecule has 2 heterocycles. The molecular weight excluding hydrogens is 442 g/mol. The molecule has 5 rings (SSSR count). The summed E-state index contributed by atoms with van der Waals surface area (Å²) < 4.78 is 7.32. The predicted molar refractivity (Wildman–Crippen MR) is 133 cm³/mol. The number of ketones is 1. The van der Waals surface area contributed by atoms with Gasteiger partial charge in [-0.05, 0) is 43.7 Å². The molecule has 0 radical (unpaired) electrons. The van der Waals surface area contributed by atoms with Crippen LogP contribution < -0.4 is 10.7 Å². The van der Waals surface area contributed by atoms with Crippen LogP contribution in [0.25, 0.3) is 16.7 Å². The number of amides is 1. The van der Waals surface area contributed by atoms with Crippen LogP contribution in [-0.4, -0.2) is 21.5 Å². The van der Waals surface area contributed by atoms with Crippen molar-refractivity contribution in [1.82, 2.24) is 9.78 Å². The van der Waals surface area contributed by atoms with Crippen LogP contribution in [-0.2, 0) is 0 Å². The topological polar surface area (TPSA) is 94.2 Å². The van der Waals surface area contributed by atoms with Gasteiger partial charge in [-0.2, -0.15) is 5.10 Å². The SMILES string of the molecule is Cc1ccc(C(=O)c2oc3ccccc3c2NC(=O)c2nn(-c3cccc(C)c3)ccc2=O)cc1. The second-order valence-corrected chi connectivity index (χ2v) is 8.26. The van der Waals surface area contributed by atoms with E-state index in [0.29, 0.717) is 22.2 Å². The summed E-state index contributed by atoms with van der Waals surface area (Å²) in [4.78, 5) is 39.1. The minimum atomic E-state index is -0.735. The second-order valence-electron chi connectivity index (χ2n) is 8.26. The van der Waals surface area contributed by atoms with Gasteiger partial charge in [0.05, 0.1) is 11.4 Å². The van der Waals surface area contributed by atoms with E-state index in [0.717, 1.165) is 11.1 Å². The Kier molecular flexibility index (Phi) is 5.58. The molecule has 0 bridgehead atoms. The van der Waals surface area contributed by atoms with Crippen LogP contribution in [0.1, 0.15) is 37.7 Å². The predicted octanol–water partition coefficient (Wildman–Crippen LogP) is 5.08. The minimum absolute atomic E-state index is 0.0154. The summed E-state index contributed by atoms with van der Waals surface area (Å²) in [5.41, 5.74) is 2.96. The Labute approximate surface area is 200 Å². The molecule has 172 valence electrons. The number of furan rings is 1. The first kappa shape index (κ1) is 22.0. The summed E-state index contributed by atoms with van der Waals surface area (Å²) in [5.74, 6) is -1.13. The zero-order chi connectivity index (χ0) is 24.5. The van der Waals surface area contributed by atoms with Crippen LogP contribution >= 0.6 is 0 Å². The molecule has 1 amide bonds. The quantitative estimate of drug-likeness (QED) is 0.367. The molecule has 0 aliphatic heterocycles. The molecular formula is C28H21N3O4. The maximum atomic E-state index is 13.3. The van der Waals surface area contributed by atoms with Gasteiger partial charge in [-0.15, -0.1) is 0 Å². The van der Waals surface area contributed by atoms with Crippen molar-refractivity contribution >= 4 is 28.3 Å². The lowest BCUT2D eigenvalue weighted by atomic mass is 10.1. The second kappa shape index (κ2) is 8.87. The number of carbonyl (C=O) groups excluding carboxylic acids is 2. The Bertz CT molecular complexity index is 1650. The Hall–Kier alpha value is -4.78. The molecule has 0 unspecified atom stereocenters. The lowest BCUT2D eigenvalue weighted by molar-refractivity contribution is 0.101. The summed E-state index contributed by atoms with van der Waals surface area (Å²) in [6.07, 6.45) is 1.51. The highest BCUT2D eigenvalue weighted by Gasteiger charge is 2.25. The van der Waals surface area contributed by atoms with Crippen LogP contribution in [0.3, 0.4) is 0 Å². The van der Waals surface area contributed by atoms with Gasteiger partial charge in [0, 0.05) is 23.2 Å². The average Bonchev–Trinajstić information content (AvgIpc) is 3.22. The minimum Gasteiger partial charge on any atom is -0.450 e. The molecule has 1 N–H and O–H groups in total. The van der Waals surface area contributed by atoms with E-state index in [4.69, 9.17) is 4.42 Å². The maximum absolute atomic E-state index is 13.3. The van der Waals surface area contributed by atoms with Crippen molar-refractivity contribution < 1.29 is 14.0 Å². The van der Waals surface area contributed by atoms with E-state index in [9.17, 15) is 14.4 Å². The fraction of sp³-hybridized carbons (Fsp3) is 0.0714. The van der Waals surface area contributed by atoms with Gasteiger partial charge in [-0.25, -0.2) is 4.68 Å². The monoisotopic (exact) mass is 463 g/mol. The van der Waals surface area contributed by atoms with Crippen LogP contribution in [0.15, 0.2) is 94.3 Å². The van der Waals surface area contributed by atoms with E-state index < -0.39 is 11.3 Å². The van der Waals surface area contributed by atoms with E-state index in [1.54, 1.807) is 36.4 Å². The summed E-state index contributed by atoms with van der Waals surface area (Å²) >= 11 is 0. The maximum Gasteiger partial charge on any atom is 0.280 e. The average molecular weight is 463 g/mol. The number of aromatic nitrogens is 2. The summed E-state index contributed by atoms with van der Waals surface area (Å²) in [5, 5.41) is 7.52. The number of nitrogens with one attached hydrogen (secondary N) is 1. The van der Waals surface area contributed by atoms with Crippen molar-refractivity contribution in [2.75, 3.05) is 5.32 Å². The number of aryl methyl sites for hydroxylation is 2. The van der Waals surface area contributed by atoms with Gasteiger partial charge < -0.3 is 9.73 Å². The van der Waals surface area contributed by atoms with Crippen molar-refractivity contribution in [3.05, 3.63) is 123 Å². The standard InChI is InChI=1S/C28H21N3O4/c1-17-10-12-19(13-11-17)26(33)27-24(21-8-3-4-9-23(21)35-27)29-28(34)25-22(32)14-15-31(30-25)20-7-5-6-18(2)16-20/h3-16H,1-2H3,(H,29,34). The number of hydrogen-bond donors (Lipinski definition) is 1. The highest BCUT2D eigenvalue weighted by molar-refractivity contribution is 6.18. The van der Waals surface area contributed by atoms with Crippen molar-refractivity contribution in [3.63, 3.8) is 0 Å². The largest absolute Gasteiger partial charge is 0.450 e. The smallest absolute Gasteiger partial charge is 0.280 e. The molecule has 0 saturated heterocycles. The molecule has 2 aromatic heterocycles. The third-order valence-electron chi connectivity index (χ3n) is 5.64. The highest BCUT2D eigenvalue weighted by Crippen LogP contribution is 2.32. The van der Waals surface area contributed by atoms with Gasteiger partial charge in [0.15, 0.2) is 11.5 Å². The highest BCUT2D eigenvalue weighted by atomic mass is 16.3. The lowest BCUT2D eigenvalue weighted by Crippen LogP contribution is -2.26.